The van der Waals surface area contributed by atoms with Crippen molar-refractivity contribution in [1.29, 1.82) is 0 Å². The second-order valence-corrected chi connectivity index (χ2v) is 5.70. The van der Waals surface area contributed by atoms with Crippen LogP contribution in [0.4, 0.5) is 5.69 Å². The topological polar surface area (TPSA) is 26.5 Å². The second kappa shape index (κ2) is 7.20. The zero-order valence-corrected chi connectivity index (χ0v) is 13.3. The van der Waals surface area contributed by atoms with Crippen LogP contribution in [0.25, 0.3) is 11.3 Å². The lowest BCUT2D eigenvalue weighted by Crippen LogP contribution is -2.18. The summed E-state index contributed by atoms with van der Waals surface area (Å²) in [6.07, 6.45) is 0. The Labute approximate surface area is 134 Å². The molecule has 0 aliphatic carbocycles. The van der Waals surface area contributed by atoms with E-state index in [-0.39, 0.29) is 0 Å². The van der Waals surface area contributed by atoms with E-state index in [9.17, 15) is 0 Å². The predicted octanol–water partition coefficient (Wildman–Crippen LogP) is 4.10. The van der Waals surface area contributed by atoms with Gasteiger partial charge in [0.1, 0.15) is 0 Å². The average molecular weight is 310 g/mol. The van der Waals surface area contributed by atoms with Crippen LogP contribution in [0.5, 0.6) is 0 Å². The summed E-state index contributed by atoms with van der Waals surface area (Å²) in [5.41, 5.74) is 3.34. The van der Waals surface area contributed by atoms with Gasteiger partial charge in [-0.15, -0.1) is 11.3 Å². The maximum Gasteiger partial charge on any atom is 0.190 e. The van der Waals surface area contributed by atoms with Gasteiger partial charge in [-0.2, -0.15) is 0 Å². The number of methoxy groups -OCH3 is 1. The van der Waals surface area contributed by atoms with Crippen LogP contribution in [0.3, 0.4) is 0 Å². The summed E-state index contributed by atoms with van der Waals surface area (Å²) in [7, 11) is 1.73. The monoisotopic (exact) mass is 310 g/mol. The van der Waals surface area contributed by atoms with E-state index >= 15 is 0 Å². The molecule has 1 aromatic heterocycles. The average Bonchev–Trinajstić information content (AvgIpc) is 2.97. The first-order valence-corrected chi connectivity index (χ1v) is 8.09. The van der Waals surface area contributed by atoms with Crippen molar-refractivity contribution in [1.82, 2.24) is 4.57 Å². The molecule has 0 saturated carbocycles. The van der Waals surface area contributed by atoms with Crippen LogP contribution < -0.4 is 4.80 Å². The molecule has 112 valence electrons. The standard InChI is InChI=1S/C18H18N2OS/c1-21-13-12-20-17(15-8-4-2-5-9-15)14-22-18(20)19-16-10-6-3-7-11-16/h2-11,14H,12-13H2,1H3. The van der Waals surface area contributed by atoms with Gasteiger partial charge >= 0.3 is 0 Å². The van der Waals surface area contributed by atoms with E-state index in [4.69, 9.17) is 9.73 Å². The molecule has 3 nitrogen and oxygen atoms in total. The molecule has 0 unspecified atom stereocenters. The van der Waals surface area contributed by atoms with Gasteiger partial charge in [0.15, 0.2) is 4.80 Å². The third kappa shape index (κ3) is 3.35. The van der Waals surface area contributed by atoms with E-state index in [1.165, 1.54) is 11.3 Å². The molecule has 0 atom stereocenters. The Balaban J connectivity index is 2.08. The number of nitrogens with zero attached hydrogens (tertiary/aromatic N) is 2. The van der Waals surface area contributed by atoms with Gasteiger partial charge in [-0.1, -0.05) is 48.5 Å². The van der Waals surface area contributed by atoms with Crippen molar-refractivity contribution < 1.29 is 4.74 Å². The van der Waals surface area contributed by atoms with Crippen molar-refractivity contribution in [2.45, 2.75) is 6.54 Å². The van der Waals surface area contributed by atoms with Crippen molar-refractivity contribution in [2.24, 2.45) is 4.99 Å². The Morgan fingerprint density at radius 1 is 1.00 bits per heavy atom. The van der Waals surface area contributed by atoms with Crippen LogP contribution in [0, 0.1) is 0 Å². The van der Waals surface area contributed by atoms with E-state index in [1.807, 2.05) is 36.4 Å². The number of aromatic nitrogens is 1. The van der Waals surface area contributed by atoms with Crippen LogP contribution in [0.15, 0.2) is 71.0 Å². The van der Waals surface area contributed by atoms with Crippen LogP contribution >= 0.6 is 11.3 Å². The van der Waals surface area contributed by atoms with Crippen LogP contribution in [-0.2, 0) is 11.3 Å². The van der Waals surface area contributed by atoms with Gasteiger partial charge in [0.25, 0.3) is 0 Å². The number of thiazole rings is 1. The molecule has 0 amide bonds. The van der Waals surface area contributed by atoms with Crippen molar-refractivity contribution >= 4 is 17.0 Å². The Kier molecular flexibility index (Phi) is 4.83. The Hall–Kier alpha value is -2.17. The Bertz CT molecular complexity index is 776. The van der Waals surface area contributed by atoms with E-state index < -0.39 is 0 Å². The molecule has 0 spiro atoms. The maximum absolute atomic E-state index is 5.25. The highest BCUT2D eigenvalue weighted by molar-refractivity contribution is 7.07. The summed E-state index contributed by atoms with van der Waals surface area (Å²) in [6.45, 7) is 1.45. The van der Waals surface area contributed by atoms with Gasteiger partial charge in [-0.3, -0.25) is 0 Å². The Morgan fingerprint density at radius 2 is 1.68 bits per heavy atom. The molecule has 0 N–H and O–H groups in total. The lowest BCUT2D eigenvalue weighted by molar-refractivity contribution is 0.187. The van der Waals surface area contributed by atoms with Gasteiger partial charge in [0.2, 0.25) is 0 Å². The number of hydrogen-bond donors (Lipinski definition) is 0. The highest BCUT2D eigenvalue weighted by Crippen LogP contribution is 2.20. The minimum absolute atomic E-state index is 0.665. The first kappa shape index (κ1) is 14.8. The quantitative estimate of drug-likeness (QED) is 0.697. The number of para-hydroxylation sites is 1. The molecular formula is C18H18N2OS. The number of rotatable bonds is 5. The lowest BCUT2D eigenvalue weighted by Gasteiger charge is -2.08. The molecule has 4 heteroatoms. The smallest absolute Gasteiger partial charge is 0.190 e. The minimum atomic E-state index is 0.665. The van der Waals surface area contributed by atoms with Crippen molar-refractivity contribution in [3.8, 4) is 11.3 Å². The van der Waals surface area contributed by atoms with Crippen LogP contribution in [0.2, 0.25) is 0 Å². The predicted molar refractivity (Wildman–Crippen MR) is 91.3 cm³/mol. The molecular weight excluding hydrogens is 292 g/mol. The summed E-state index contributed by atoms with van der Waals surface area (Å²) < 4.78 is 7.47. The molecule has 1 heterocycles. The summed E-state index contributed by atoms with van der Waals surface area (Å²) in [4.78, 5) is 5.75. The molecule has 3 aromatic rings. The fourth-order valence-electron chi connectivity index (χ4n) is 2.27. The number of ether oxygens (including phenoxy) is 1. The molecule has 22 heavy (non-hydrogen) atoms. The van der Waals surface area contributed by atoms with Gasteiger partial charge in [-0.25, -0.2) is 4.99 Å². The third-order valence-electron chi connectivity index (χ3n) is 3.37. The molecule has 0 fully saturated rings. The number of benzene rings is 2. The molecule has 0 bridgehead atoms. The van der Waals surface area contributed by atoms with E-state index in [1.54, 1.807) is 18.4 Å². The van der Waals surface area contributed by atoms with Gasteiger partial charge in [-0.05, 0) is 17.7 Å². The normalized spacial score (nSPS) is 11.8. The SMILES string of the molecule is COCCn1c(-c2ccccc2)csc1=Nc1ccccc1. The molecule has 2 aromatic carbocycles. The van der Waals surface area contributed by atoms with Crippen molar-refractivity contribution in [3.05, 3.63) is 70.8 Å². The third-order valence-corrected chi connectivity index (χ3v) is 4.23. The zero-order chi connectivity index (χ0) is 15.2. The summed E-state index contributed by atoms with van der Waals surface area (Å²) in [6, 6.07) is 20.4. The first-order chi connectivity index (χ1) is 10.9. The van der Waals surface area contributed by atoms with Crippen molar-refractivity contribution in [2.75, 3.05) is 13.7 Å². The van der Waals surface area contributed by atoms with Crippen LogP contribution in [-0.4, -0.2) is 18.3 Å². The highest BCUT2D eigenvalue weighted by Gasteiger charge is 2.07. The van der Waals surface area contributed by atoms with E-state index in [0.717, 1.165) is 17.0 Å². The number of hydrogen-bond acceptors (Lipinski definition) is 3. The molecule has 0 aliphatic heterocycles. The largest absolute Gasteiger partial charge is 0.383 e. The first-order valence-electron chi connectivity index (χ1n) is 7.21. The molecule has 0 aliphatic rings. The lowest BCUT2D eigenvalue weighted by atomic mass is 10.2. The van der Waals surface area contributed by atoms with Crippen molar-refractivity contribution in [3.63, 3.8) is 0 Å². The maximum atomic E-state index is 5.25. The summed E-state index contributed by atoms with van der Waals surface area (Å²) >= 11 is 1.66. The molecule has 0 saturated heterocycles. The van der Waals surface area contributed by atoms with E-state index in [2.05, 4.69) is 34.2 Å². The summed E-state index contributed by atoms with van der Waals surface area (Å²) in [5, 5.41) is 2.16. The summed E-state index contributed by atoms with van der Waals surface area (Å²) in [5.74, 6) is 0. The molecule has 0 radical (unpaired) electrons. The molecule has 3 rings (SSSR count). The van der Waals surface area contributed by atoms with Gasteiger partial charge < -0.3 is 9.30 Å². The second-order valence-electron chi connectivity index (χ2n) is 4.86. The van der Waals surface area contributed by atoms with Crippen LogP contribution in [0.1, 0.15) is 0 Å². The van der Waals surface area contributed by atoms with Gasteiger partial charge in [0, 0.05) is 19.0 Å². The zero-order valence-electron chi connectivity index (χ0n) is 12.5. The highest BCUT2D eigenvalue weighted by atomic mass is 32.1. The van der Waals surface area contributed by atoms with Gasteiger partial charge in [0.05, 0.1) is 18.0 Å². The fourth-order valence-corrected chi connectivity index (χ4v) is 3.23. The van der Waals surface area contributed by atoms with E-state index in [0.29, 0.717) is 6.61 Å². The Morgan fingerprint density at radius 3 is 2.36 bits per heavy atom. The minimum Gasteiger partial charge on any atom is -0.383 e. The fraction of sp³-hybridized carbons (Fsp3) is 0.167.